The van der Waals surface area contributed by atoms with Crippen LogP contribution in [0.3, 0.4) is 0 Å². The summed E-state index contributed by atoms with van der Waals surface area (Å²) in [6.07, 6.45) is 1.12. The maximum absolute atomic E-state index is 11.9. The highest BCUT2D eigenvalue weighted by Gasteiger charge is 2.26. The van der Waals surface area contributed by atoms with Gasteiger partial charge in [-0.05, 0) is 45.7 Å². The molecule has 3 N–H and O–H groups in total. The van der Waals surface area contributed by atoms with Crippen molar-refractivity contribution in [2.24, 2.45) is 10.4 Å². The predicted octanol–water partition coefficient (Wildman–Crippen LogP) is 3.23. The van der Waals surface area contributed by atoms with Gasteiger partial charge in [0.2, 0.25) is 5.91 Å². The van der Waals surface area contributed by atoms with E-state index in [-0.39, 0.29) is 36.0 Å². The summed E-state index contributed by atoms with van der Waals surface area (Å²) < 4.78 is 6.05. The summed E-state index contributed by atoms with van der Waals surface area (Å²) in [7, 11) is 3.36. The molecule has 0 bridgehead atoms. The van der Waals surface area contributed by atoms with Gasteiger partial charge in [-0.2, -0.15) is 0 Å². The second-order valence-corrected chi connectivity index (χ2v) is 7.19. The molecular formula is C20H35IN4O2. The monoisotopic (exact) mass is 490 g/mol. The standard InChI is InChI=1S/C20H34N4O2.HI/c1-8-15(3)26-17-11-14(2)9-10-16(17)12-23-19(22-7)24-13-20(4,5)18(25)21-6;/h9-11,15H,8,12-13H2,1-7H3,(H,21,25)(H2,22,23,24);1H. The van der Waals surface area contributed by atoms with E-state index in [1.54, 1.807) is 14.1 Å². The Bertz CT molecular complexity index is 632. The second kappa shape index (κ2) is 12.0. The van der Waals surface area contributed by atoms with Crippen molar-refractivity contribution < 1.29 is 9.53 Å². The Morgan fingerprint density at radius 3 is 2.52 bits per heavy atom. The van der Waals surface area contributed by atoms with Crippen molar-refractivity contribution >= 4 is 35.8 Å². The number of hydrogen-bond donors (Lipinski definition) is 3. The Kier molecular flexibility index (Phi) is 11.4. The first kappa shape index (κ1) is 25.5. The zero-order valence-corrected chi connectivity index (χ0v) is 19.9. The van der Waals surface area contributed by atoms with Crippen LogP contribution in [0.15, 0.2) is 23.2 Å². The number of carbonyl (C=O) groups is 1. The number of benzene rings is 1. The summed E-state index contributed by atoms with van der Waals surface area (Å²) in [4.78, 5) is 16.1. The molecule has 6 nitrogen and oxygen atoms in total. The number of nitrogens with zero attached hydrogens (tertiary/aromatic N) is 1. The normalized spacial score (nSPS) is 12.6. The van der Waals surface area contributed by atoms with Gasteiger partial charge in [-0.3, -0.25) is 9.79 Å². The van der Waals surface area contributed by atoms with Crippen LogP contribution in [-0.2, 0) is 11.3 Å². The number of hydrogen-bond acceptors (Lipinski definition) is 3. The minimum absolute atomic E-state index is 0. The van der Waals surface area contributed by atoms with E-state index in [1.807, 2.05) is 13.8 Å². The number of ether oxygens (including phenoxy) is 1. The maximum Gasteiger partial charge on any atom is 0.227 e. The van der Waals surface area contributed by atoms with Gasteiger partial charge in [0.05, 0.1) is 11.5 Å². The fraction of sp³-hybridized carbons (Fsp3) is 0.600. The van der Waals surface area contributed by atoms with E-state index in [0.717, 1.165) is 17.7 Å². The van der Waals surface area contributed by atoms with Gasteiger partial charge >= 0.3 is 0 Å². The Morgan fingerprint density at radius 1 is 1.30 bits per heavy atom. The van der Waals surface area contributed by atoms with Gasteiger partial charge < -0.3 is 20.7 Å². The third-order valence-corrected chi connectivity index (χ3v) is 4.34. The minimum atomic E-state index is -0.527. The predicted molar refractivity (Wildman–Crippen MR) is 123 cm³/mol. The molecule has 1 unspecified atom stereocenters. The molecule has 0 aliphatic carbocycles. The zero-order chi connectivity index (χ0) is 19.7. The molecule has 0 saturated carbocycles. The molecule has 154 valence electrons. The van der Waals surface area contributed by atoms with Crippen molar-refractivity contribution in [2.45, 2.75) is 53.7 Å². The van der Waals surface area contributed by atoms with Crippen LogP contribution < -0.4 is 20.7 Å². The first-order chi connectivity index (χ1) is 12.2. The molecule has 0 heterocycles. The summed E-state index contributed by atoms with van der Waals surface area (Å²) in [6, 6.07) is 6.21. The van der Waals surface area contributed by atoms with E-state index in [2.05, 4.69) is 59.9 Å². The Morgan fingerprint density at radius 2 is 1.96 bits per heavy atom. The Labute approximate surface area is 181 Å². The number of carbonyl (C=O) groups excluding carboxylic acids is 1. The number of aryl methyl sites for hydroxylation is 1. The lowest BCUT2D eigenvalue weighted by Gasteiger charge is -2.24. The molecule has 1 rings (SSSR count). The lowest BCUT2D eigenvalue weighted by molar-refractivity contribution is -0.128. The maximum atomic E-state index is 11.9. The molecule has 27 heavy (non-hydrogen) atoms. The summed E-state index contributed by atoms with van der Waals surface area (Å²) in [6.45, 7) is 11.1. The van der Waals surface area contributed by atoms with Crippen LogP contribution in [0.4, 0.5) is 0 Å². The summed E-state index contributed by atoms with van der Waals surface area (Å²) in [5.74, 6) is 1.54. The molecule has 0 aromatic heterocycles. The van der Waals surface area contributed by atoms with Gasteiger partial charge in [-0.1, -0.05) is 19.1 Å². The van der Waals surface area contributed by atoms with Crippen LogP contribution in [0.5, 0.6) is 5.75 Å². The zero-order valence-electron chi connectivity index (χ0n) is 17.6. The van der Waals surface area contributed by atoms with Crippen molar-refractivity contribution in [2.75, 3.05) is 20.6 Å². The van der Waals surface area contributed by atoms with Crippen molar-refractivity contribution in [1.29, 1.82) is 0 Å². The van der Waals surface area contributed by atoms with Crippen LogP contribution in [-0.4, -0.2) is 38.6 Å². The third-order valence-electron chi connectivity index (χ3n) is 4.34. The third kappa shape index (κ3) is 8.36. The van der Waals surface area contributed by atoms with Crippen molar-refractivity contribution in [3.8, 4) is 5.75 Å². The van der Waals surface area contributed by atoms with Gasteiger partial charge in [0.25, 0.3) is 0 Å². The van der Waals surface area contributed by atoms with Gasteiger partial charge in [0.1, 0.15) is 5.75 Å². The van der Waals surface area contributed by atoms with Gasteiger partial charge in [0, 0.05) is 32.7 Å². The fourth-order valence-corrected chi connectivity index (χ4v) is 2.34. The van der Waals surface area contributed by atoms with Gasteiger partial charge in [0.15, 0.2) is 5.96 Å². The molecule has 0 spiro atoms. The number of aliphatic imine (C=N–C) groups is 1. The smallest absolute Gasteiger partial charge is 0.227 e. The van der Waals surface area contributed by atoms with Crippen LogP contribution in [0, 0.1) is 12.3 Å². The number of amides is 1. The average molecular weight is 490 g/mol. The SMILES string of the molecule is CCC(C)Oc1cc(C)ccc1CNC(=NC)NCC(C)(C)C(=O)NC.I. The lowest BCUT2D eigenvalue weighted by Crippen LogP contribution is -2.47. The van der Waals surface area contributed by atoms with Crippen LogP contribution >= 0.6 is 24.0 Å². The van der Waals surface area contributed by atoms with Crippen molar-refractivity contribution in [3.05, 3.63) is 29.3 Å². The number of nitrogens with one attached hydrogen (secondary N) is 3. The molecule has 1 aromatic carbocycles. The molecule has 7 heteroatoms. The number of guanidine groups is 1. The molecular weight excluding hydrogens is 455 g/mol. The molecule has 1 atom stereocenters. The van der Waals surface area contributed by atoms with E-state index in [4.69, 9.17) is 4.74 Å². The molecule has 0 saturated heterocycles. The highest BCUT2D eigenvalue weighted by molar-refractivity contribution is 14.0. The van der Waals surface area contributed by atoms with Crippen LogP contribution in [0.2, 0.25) is 0 Å². The molecule has 1 aromatic rings. The van der Waals surface area contributed by atoms with Crippen LogP contribution in [0.1, 0.15) is 45.2 Å². The van der Waals surface area contributed by atoms with Crippen LogP contribution in [0.25, 0.3) is 0 Å². The Balaban J connectivity index is 0.00000676. The second-order valence-electron chi connectivity index (χ2n) is 7.19. The van der Waals surface area contributed by atoms with E-state index in [1.165, 1.54) is 5.56 Å². The molecule has 0 radical (unpaired) electrons. The van der Waals surface area contributed by atoms with Crippen molar-refractivity contribution in [3.63, 3.8) is 0 Å². The quantitative estimate of drug-likeness (QED) is 0.297. The Hall–Kier alpha value is -1.51. The fourth-order valence-electron chi connectivity index (χ4n) is 2.34. The first-order valence-corrected chi connectivity index (χ1v) is 9.16. The number of halogens is 1. The lowest BCUT2D eigenvalue weighted by atomic mass is 9.92. The minimum Gasteiger partial charge on any atom is -0.490 e. The number of rotatable bonds is 8. The van der Waals surface area contributed by atoms with E-state index in [0.29, 0.717) is 19.0 Å². The molecule has 0 aliphatic rings. The molecule has 0 aliphatic heterocycles. The largest absolute Gasteiger partial charge is 0.490 e. The molecule has 1 amide bonds. The summed E-state index contributed by atoms with van der Waals surface area (Å²) >= 11 is 0. The van der Waals surface area contributed by atoms with E-state index >= 15 is 0 Å². The highest BCUT2D eigenvalue weighted by atomic mass is 127. The first-order valence-electron chi connectivity index (χ1n) is 9.16. The summed E-state index contributed by atoms with van der Waals surface area (Å²) in [5, 5.41) is 9.19. The van der Waals surface area contributed by atoms with E-state index < -0.39 is 5.41 Å². The average Bonchev–Trinajstić information content (AvgIpc) is 2.62. The van der Waals surface area contributed by atoms with Crippen molar-refractivity contribution in [1.82, 2.24) is 16.0 Å². The topological polar surface area (TPSA) is 74.8 Å². The van der Waals surface area contributed by atoms with E-state index in [9.17, 15) is 4.79 Å². The highest BCUT2D eigenvalue weighted by Crippen LogP contribution is 2.22. The summed E-state index contributed by atoms with van der Waals surface area (Å²) in [5.41, 5.74) is 1.72. The van der Waals surface area contributed by atoms with Gasteiger partial charge in [-0.15, -0.1) is 24.0 Å². The van der Waals surface area contributed by atoms with Gasteiger partial charge in [-0.25, -0.2) is 0 Å². The molecule has 0 fully saturated rings.